The van der Waals surface area contributed by atoms with Crippen LogP contribution in [0.15, 0.2) is 51.9 Å². The molecule has 0 amide bonds. The Balaban J connectivity index is 1.92. The fourth-order valence-corrected chi connectivity index (χ4v) is 3.94. The second kappa shape index (κ2) is 8.65. The summed E-state index contributed by atoms with van der Waals surface area (Å²) >= 11 is 0. The van der Waals surface area contributed by atoms with Gasteiger partial charge in [-0.25, -0.2) is 8.42 Å². The van der Waals surface area contributed by atoms with Crippen molar-refractivity contribution >= 4 is 15.7 Å². The van der Waals surface area contributed by atoms with Crippen LogP contribution in [0.4, 0.5) is 5.69 Å². The summed E-state index contributed by atoms with van der Waals surface area (Å²) in [7, 11) is -2.30. The average molecular weight is 416 g/mol. The minimum atomic E-state index is -3.80. The SMILES string of the molecule is CCCc1noc(-c2cc(S(=O)(=O)Nc3ccc(C(C)C)cc3)ccc2OC)n1. The van der Waals surface area contributed by atoms with Gasteiger partial charge in [0.15, 0.2) is 5.82 Å². The molecule has 1 N–H and O–H groups in total. The molecule has 0 bridgehead atoms. The van der Waals surface area contributed by atoms with Crippen LogP contribution >= 0.6 is 0 Å². The molecule has 0 saturated heterocycles. The zero-order valence-corrected chi connectivity index (χ0v) is 17.8. The topological polar surface area (TPSA) is 94.3 Å². The van der Waals surface area contributed by atoms with E-state index in [1.54, 1.807) is 18.2 Å². The van der Waals surface area contributed by atoms with Gasteiger partial charge in [0.2, 0.25) is 0 Å². The first-order chi connectivity index (χ1) is 13.8. The minimum absolute atomic E-state index is 0.0801. The third-order valence-electron chi connectivity index (χ3n) is 4.48. The smallest absolute Gasteiger partial charge is 0.261 e. The Morgan fingerprint density at radius 2 is 1.86 bits per heavy atom. The zero-order valence-electron chi connectivity index (χ0n) is 17.0. The number of nitrogens with zero attached hydrogens (tertiary/aromatic N) is 2. The third-order valence-corrected chi connectivity index (χ3v) is 5.86. The molecule has 0 radical (unpaired) electrons. The van der Waals surface area contributed by atoms with E-state index >= 15 is 0 Å². The molecular formula is C21H25N3O4S. The van der Waals surface area contributed by atoms with Crippen molar-refractivity contribution in [1.82, 2.24) is 10.1 Å². The van der Waals surface area contributed by atoms with E-state index in [9.17, 15) is 8.42 Å². The number of methoxy groups -OCH3 is 1. The molecule has 0 atom stereocenters. The van der Waals surface area contributed by atoms with Gasteiger partial charge in [0.05, 0.1) is 17.6 Å². The first-order valence-electron chi connectivity index (χ1n) is 9.47. The molecule has 0 saturated carbocycles. The molecular weight excluding hydrogens is 390 g/mol. The Hall–Kier alpha value is -2.87. The van der Waals surface area contributed by atoms with Crippen LogP contribution < -0.4 is 9.46 Å². The van der Waals surface area contributed by atoms with Crippen LogP contribution in [-0.4, -0.2) is 25.7 Å². The normalized spacial score (nSPS) is 11.6. The summed E-state index contributed by atoms with van der Waals surface area (Å²) in [6, 6.07) is 11.9. The predicted octanol–water partition coefficient (Wildman–Crippen LogP) is 4.62. The lowest BCUT2D eigenvalue weighted by Crippen LogP contribution is -2.13. The van der Waals surface area contributed by atoms with E-state index in [1.807, 2.05) is 19.1 Å². The second-order valence-corrected chi connectivity index (χ2v) is 8.69. The van der Waals surface area contributed by atoms with Crippen molar-refractivity contribution in [3.05, 3.63) is 53.9 Å². The fourth-order valence-electron chi connectivity index (χ4n) is 2.86. The number of aryl methyl sites for hydroxylation is 1. The molecule has 0 unspecified atom stereocenters. The quantitative estimate of drug-likeness (QED) is 0.577. The first kappa shape index (κ1) is 20.9. The summed E-state index contributed by atoms with van der Waals surface area (Å²) in [5.41, 5.74) is 2.06. The van der Waals surface area contributed by atoms with Crippen molar-refractivity contribution < 1.29 is 17.7 Å². The number of benzene rings is 2. The maximum absolute atomic E-state index is 12.9. The van der Waals surface area contributed by atoms with E-state index in [0.29, 0.717) is 35.2 Å². The largest absolute Gasteiger partial charge is 0.496 e. The van der Waals surface area contributed by atoms with Crippen LogP contribution in [0.1, 0.15) is 44.5 Å². The Bertz CT molecular complexity index is 1070. The zero-order chi connectivity index (χ0) is 21.0. The number of aromatic nitrogens is 2. The summed E-state index contributed by atoms with van der Waals surface area (Å²) in [6.45, 7) is 6.19. The highest BCUT2D eigenvalue weighted by atomic mass is 32.2. The molecule has 0 fully saturated rings. The van der Waals surface area contributed by atoms with Crippen molar-refractivity contribution in [2.75, 3.05) is 11.8 Å². The molecule has 29 heavy (non-hydrogen) atoms. The molecule has 154 valence electrons. The lowest BCUT2D eigenvalue weighted by Gasteiger charge is -2.12. The molecule has 2 aromatic carbocycles. The molecule has 3 aromatic rings. The molecule has 3 rings (SSSR count). The highest BCUT2D eigenvalue weighted by Gasteiger charge is 2.20. The van der Waals surface area contributed by atoms with Gasteiger partial charge >= 0.3 is 0 Å². The third kappa shape index (κ3) is 4.76. The average Bonchev–Trinajstić information content (AvgIpc) is 3.16. The predicted molar refractivity (Wildman–Crippen MR) is 112 cm³/mol. The number of ether oxygens (including phenoxy) is 1. The molecule has 0 aliphatic carbocycles. The number of hydrogen-bond acceptors (Lipinski definition) is 6. The van der Waals surface area contributed by atoms with Gasteiger partial charge in [-0.1, -0.05) is 38.1 Å². The van der Waals surface area contributed by atoms with Crippen molar-refractivity contribution in [2.45, 2.75) is 44.4 Å². The van der Waals surface area contributed by atoms with Gasteiger partial charge in [0, 0.05) is 12.1 Å². The van der Waals surface area contributed by atoms with Crippen LogP contribution in [0.25, 0.3) is 11.5 Å². The van der Waals surface area contributed by atoms with Crippen molar-refractivity contribution in [1.29, 1.82) is 0 Å². The molecule has 1 heterocycles. The Morgan fingerprint density at radius 1 is 1.14 bits per heavy atom. The maximum Gasteiger partial charge on any atom is 0.261 e. The van der Waals surface area contributed by atoms with E-state index in [2.05, 4.69) is 28.7 Å². The van der Waals surface area contributed by atoms with Gasteiger partial charge in [-0.15, -0.1) is 0 Å². The van der Waals surface area contributed by atoms with Crippen LogP contribution in [0.3, 0.4) is 0 Å². The van der Waals surface area contributed by atoms with Gasteiger partial charge in [-0.3, -0.25) is 4.72 Å². The van der Waals surface area contributed by atoms with Crippen molar-refractivity contribution in [2.24, 2.45) is 0 Å². The van der Waals surface area contributed by atoms with Gasteiger partial charge in [-0.2, -0.15) is 4.98 Å². The lowest BCUT2D eigenvalue weighted by molar-refractivity contribution is 0.402. The van der Waals surface area contributed by atoms with E-state index in [4.69, 9.17) is 9.26 Å². The first-order valence-corrected chi connectivity index (χ1v) is 11.0. The monoisotopic (exact) mass is 415 g/mol. The molecule has 7 nitrogen and oxygen atoms in total. The molecule has 8 heteroatoms. The number of sulfonamides is 1. The van der Waals surface area contributed by atoms with Crippen LogP contribution in [-0.2, 0) is 16.4 Å². The van der Waals surface area contributed by atoms with Gasteiger partial charge < -0.3 is 9.26 Å². The molecule has 1 aromatic heterocycles. The van der Waals surface area contributed by atoms with E-state index in [-0.39, 0.29) is 10.8 Å². The summed E-state index contributed by atoms with van der Waals surface area (Å²) in [4.78, 5) is 4.42. The summed E-state index contributed by atoms with van der Waals surface area (Å²) < 4.78 is 39.1. The van der Waals surface area contributed by atoms with Crippen molar-refractivity contribution in [3.63, 3.8) is 0 Å². The van der Waals surface area contributed by atoms with E-state index in [1.165, 1.54) is 19.2 Å². The molecule has 0 aliphatic rings. The van der Waals surface area contributed by atoms with Crippen LogP contribution in [0, 0.1) is 0 Å². The van der Waals surface area contributed by atoms with Crippen molar-refractivity contribution in [3.8, 4) is 17.2 Å². The Labute approximate surface area is 171 Å². The van der Waals surface area contributed by atoms with E-state index < -0.39 is 10.0 Å². The lowest BCUT2D eigenvalue weighted by atomic mass is 10.0. The molecule has 0 spiro atoms. The second-order valence-electron chi connectivity index (χ2n) is 7.01. The summed E-state index contributed by atoms with van der Waals surface area (Å²) in [6.07, 6.45) is 1.56. The number of nitrogens with one attached hydrogen (secondary N) is 1. The standard InChI is InChI=1S/C21H25N3O4S/c1-5-6-20-22-21(28-23-20)18-13-17(11-12-19(18)27-4)29(25,26)24-16-9-7-15(8-10-16)14(2)3/h7-14,24H,5-6H2,1-4H3. The maximum atomic E-state index is 12.9. The van der Waals surface area contributed by atoms with E-state index in [0.717, 1.165) is 12.0 Å². The van der Waals surface area contributed by atoms with Gasteiger partial charge in [-0.05, 0) is 48.2 Å². The minimum Gasteiger partial charge on any atom is -0.496 e. The number of anilines is 1. The Morgan fingerprint density at radius 3 is 2.48 bits per heavy atom. The summed E-state index contributed by atoms with van der Waals surface area (Å²) in [5.74, 6) is 1.62. The van der Waals surface area contributed by atoms with Crippen LogP contribution in [0.5, 0.6) is 5.75 Å². The van der Waals surface area contributed by atoms with Gasteiger partial charge in [0.25, 0.3) is 15.9 Å². The highest BCUT2D eigenvalue weighted by Crippen LogP contribution is 2.32. The van der Waals surface area contributed by atoms with Crippen LogP contribution in [0.2, 0.25) is 0 Å². The number of rotatable bonds is 8. The summed E-state index contributed by atoms with van der Waals surface area (Å²) in [5, 5.41) is 3.93. The highest BCUT2D eigenvalue weighted by molar-refractivity contribution is 7.92. The van der Waals surface area contributed by atoms with Gasteiger partial charge in [0.1, 0.15) is 5.75 Å². The number of hydrogen-bond donors (Lipinski definition) is 1. The fraction of sp³-hybridized carbons (Fsp3) is 0.333. The molecule has 0 aliphatic heterocycles. The Kier molecular flexibility index (Phi) is 6.22.